The molecule has 4 heteroatoms. The number of rotatable bonds is 1. The first-order chi connectivity index (χ1) is 6.92. The molecule has 0 aliphatic heterocycles. The third-order valence-corrected chi connectivity index (χ3v) is 1.72. The fourth-order valence-corrected chi connectivity index (χ4v) is 1.11. The maximum atomic E-state index is 8.81. The van der Waals surface area contributed by atoms with Gasteiger partial charge in [0.15, 0.2) is 11.5 Å². The fourth-order valence-electron chi connectivity index (χ4n) is 1.11. The molecule has 2 aromatic rings. The highest BCUT2D eigenvalue weighted by Crippen LogP contribution is 2.15. The third-order valence-electron chi connectivity index (χ3n) is 1.72. The predicted octanol–water partition coefficient (Wildman–Crippen LogP) is 1.41. The second kappa shape index (κ2) is 3.62. The maximum Gasteiger partial charge on any atom is 0.162 e. The molecule has 2 rings (SSSR count). The van der Waals surface area contributed by atoms with Gasteiger partial charge in [0, 0.05) is 18.6 Å². The van der Waals surface area contributed by atoms with Crippen molar-refractivity contribution >= 4 is 0 Å². The van der Waals surface area contributed by atoms with Gasteiger partial charge in [0.05, 0.1) is 5.56 Å². The molecule has 2 aromatic heterocycles. The first kappa shape index (κ1) is 8.32. The topological polar surface area (TPSA) is 62.5 Å². The summed E-state index contributed by atoms with van der Waals surface area (Å²) in [6.45, 7) is 0. The number of aromatic nitrogens is 3. The molecule has 4 nitrogen and oxygen atoms in total. The highest BCUT2D eigenvalue weighted by Gasteiger charge is 2.06. The molecule has 0 radical (unpaired) electrons. The minimum absolute atomic E-state index is 0.346. The number of nitrogens with zero attached hydrogens (tertiary/aromatic N) is 4. The largest absolute Gasteiger partial charge is 0.245 e. The minimum atomic E-state index is 0.346. The van der Waals surface area contributed by atoms with E-state index in [0.29, 0.717) is 17.1 Å². The van der Waals surface area contributed by atoms with Crippen molar-refractivity contribution in [3.8, 4) is 17.5 Å². The van der Waals surface area contributed by atoms with Crippen LogP contribution in [0.15, 0.2) is 36.8 Å². The van der Waals surface area contributed by atoms with Crippen LogP contribution in [-0.4, -0.2) is 15.0 Å². The molecule has 66 valence electrons. The molecule has 0 atom stereocenters. The molecule has 0 N–H and O–H groups in total. The summed E-state index contributed by atoms with van der Waals surface area (Å²) in [6, 6.07) is 7.27. The summed E-state index contributed by atoms with van der Waals surface area (Å²) in [6.07, 6.45) is 4.85. The molecule has 0 aromatic carbocycles. The first-order valence-corrected chi connectivity index (χ1v) is 4.04. The summed E-state index contributed by atoms with van der Waals surface area (Å²) in [5.41, 5.74) is 1.01. The van der Waals surface area contributed by atoms with Gasteiger partial charge >= 0.3 is 0 Å². The number of hydrogen-bond acceptors (Lipinski definition) is 4. The van der Waals surface area contributed by atoms with Crippen LogP contribution in [0.2, 0.25) is 0 Å². The van der Waals surface area contributed by atoms with Crippen LogP contribution in [0.1, 0.15) is 5.69 Å². The molecule has 14 heavy (non-hydrogen) atoms. The highest BCUT2D eigenvalue weighted by atomic mass is 14.9. The molecule has 0 saturated heterocycles. The SMILES string of the molecule is N#Cc1ncccc1-c1ncccn1. The van der Waals surface area contributed by atoms with E-state index in [1.165, 1.54) is 0 Å². The number of pyridine rings is 1. The predicted molar refractivity (Wildman–Crippen MR) is 50.0 cm³/mol. The quantitative estimate of drug-likeness (QED) is 0.668. The van der Waals surface area contributed by atoms with Crippen LogP contribution < -0.4 is 0 Å². The van der Waals surface area contributed by atoms with Gasteiger partial charge in [0.2, 0.25) is 0 Å². The van der Waals surface area contributed by atoms with Gasteiger partial charge in [-0.3, -0.25) is 0 Å². The zero-order chi connectivity index (χ0) is 9.80. The van der Waals surface area contributed by atoms with E-state index in [4.69, 9.17) is 5.26 Å². The van der Waals surface area contributed by atoms with Crippen LogP contribution in [0, 0.1) is 11.3 Å². The maximum absolute atomic E-state index is 8.81. The Morgan fingerprint density at radius 3 is 2.43 bits per heavy atom. The van der Waals surface area contributed by atoms with Crippen molar-refractivity contribution in [2.75, 3.05) is 0 Å². The molecule has 0 amide bonds. The van der Waals surface area contributed by atoms with E-state index in [-0.39, 0.29) is 0 Å². The van der Waals surface area contributed by atoms with Crippen molar-refractivity contribution in [3.63, 3.8) is 0 Å². The van der Waals surface area contributed by atoms with Gasteiger partial charge in [-0.25, -0.2) is 15.0 Å². The van der Waals surface area contributed by atoms with Crippen LogP contribution >= 0.6 is 0 Å². The minimum Gasteiger partial charge on any atom is -0.245 e. The second-order valence-corrected chi connectivity index (χ2v) is 2.58. The molecule has 0 bridgehead atoms. The van der Waals surface area contributed by atoms with Crippen LogP contribution in [0.4, 0.5) is 0 Å². The lowest BCUT2D eigenvalue weighted by molar-refractivity contribution is 1.15. The Hall–Kier alpha value is -2.28. The lowest BCUT2D eigenvalue weighted by Crippen LogP contribution is -1.92. The van der Waals surface area contributed by atoms with Crippen LogP contribution in [0.25, 0.3) is 11.4 Å². The van der Waals surface area contributed by atoms with Gasteiger partial charge in [-0.15, -0.1) is 0 Å². The van der Waals surface area contributed by atoms with Gasteiger partial charge in [-0.05, 0) is 18.2 Å². The lowest BCUT2D eigenvalue weighted by Gasteiger charge is -1.99. The van der Waals surface area contributed by atoms with Crippen molar-refractivity contribution in [1.29, 1.82) is 5.26 Å². The third kappa shape index (κ3) is 1.43. The Morgan fingerprint density at radius 1 is 1.00 bits per heavy atom. The van der Waals surface area contributed by atoms with Gasteiger partial charge < -0.3 is 0 Å². The van der Waals surface area contributed by atoms with Gasteiger partial charge in [0.25, 0.3) is 0 Å². The molecular formula is C10H6N4. The van der Waals surface area contributed by atoms with E-state index < -0.39 is 0 Å². The molecule has 0 aliphatic carbocycles. The first-order valence-electron chi connectivity index (χ1n) is 4.04. The van der Waals surface area contributed by atoms with E-state index in [1.54, 1.807) is 36.8 Å². The Kier molecular flexibility index (Phi) is 2.15. The molecule has 2 heterocycles. The standard InChI is InChI=1S/C10H6N4/c11-7-9-8(3-1-4-12-9)10-13-5-2-6-14-10/h1-6H. The molecular weight excluding hydrogens is 176 g/mol. The Balaban J connectivity index is 2.58. The van der Waals surface area contributed by atoms with Gasteiger partial charge in [-0.1, -0.05) is 0 Å². The normalized spacial score (nSPS) is 9.36. The zero-order valence-corrected chi connectivity index (χ0v) is 7.25. The highest BCUT2D eigenvalue weighted by molar-refractivity contribution is 5.61. The molecule has 0 saturated carbocycles. The van der Waals surface area contributed by atoms with E-state index >= 15 is 0 Å². The van der Waals surface area contributed by atoms with Crippen LogP contribution in [0.3, 0.4) is 0 Å². The molecule has 0 unspecified atom stereocenters. The zero-order valence-electron chi connectivity index (χ0n) is 7.25. The molecule has 0 spiro atoms. The summed E-state index contributed by atoms with van der Waals surface area (Å²) in [7, 11) is 0. The fraction of sp³-hybridized carbons (Fsp3) is 0. The summed E-state index contributed by atoms with van der Waals surface area (Å²) < 4.78 is 0. The summed E-state index contributed by atoms with van der Waals surface area (Å²) >= 11 is 0. The Bertz CT molecular complexity index is 473. The Morgan fingerprint density at radius 2 is 1.71 bits per heavy atom. The van der Waals surface area contributed by atoms with Crippen molar-refractivity contribution < 1.29 is 0 Å². The van der Waals surface area contributed by atoms with Crippen molar-refractivity contribution in [3.05, 3.63) is 42.5 Å². The van der Waals surface area contributed by atoms with E-state index in [0.717, 1.165) is 0 Å². The second-order valence-electron chi connectivity index (χ2n) is 2.58. The van der Waals surface area contributed by atoms with Crippen LogP contribution in [0.5, 0.6) is 0 Å². The average molecular weight is 182 g/mol. The van der Waals surface area contributed by atoms with Crippen LogP contribution in [-0.2, 0) is 0 Å². The van der Waals surface area contributed by atoms with E-state index in [9.17, 15) is 0 Å². The summed E-state index contributed by atoms with van der Waals surface area (Å²) in [5.74, 6) is 0.525. The molecule has 0 fully saturated rings. The molecule has 0 aliphatic rings. The van der Waals surface area contributed by atoms with Crippen molar-refractivity contribution in [2.45, 2.75) is 0 Å². The Labute approximate surface area is 80.9 Å². The van der Waals surface area contributed by atoms with E-state index in [2.05, 4.69) is 15.0 Å². The van der Waals surface area contributed by atoms with E-state index in [1.807, 2.05) is 6.07 Å². The summed E-state index contributed by atoms with van der Waals surface area (Å²) in [4.78, 5) is 12.0. The van der Waals surface area contributed by atoms with Gasteiger partial charge in [-0.2, -0.15) is 5.26 Å². The van der Waals surface area contributed by atoms with Gasteiger partial charge in [0.1, 0.15) is 6.07 Å². The lowest BCUT2D eigenvalue weighted by atomic mass is 10.2. The van der Waals surface area contributed by atoms with Crippen molar-refractivity contribution in [1.82, 2.24) is 15.0 Å². The number of nitriles is 1. The number of hydrogen-bond donors (Lipinski definition) is 0. The monoisotopic (exact) mass is 182 g/mol. The average Bonchev–Trinajstić information content (AvgIpc) is 2.30. The smallest absolute Gasteiger partial charge is 0.162 e. The summed E-state index contributed by atoms with van der Waals surface area (Å²) in [5, 5.41) is 8.81. The van der Waals surface area contributed by atoms with Crippen molar-refractivity contribution in [2.24, 2.45) is 0 Å².